The second-order valence-electron chi connectivity index (χ2n) is 11.1. The normalized spacial score (nSPS) is 15.5. The lowest BCUT2D eigenvalue weighted by Gasteiger charge is -2.31. The number of carbonyl (C=O) groups excluding carboxylic acids is 2. The van der Waals surface area contributed by atoms with Crippen LogP contribution in [0.4, 0.5) is 10.5 Å². The molecular formula is C25H34N4O5. The molecule has 1 aliphatic heterocycles. The second kappa shape index (κ2) is 9.12. The predicted octanol–water partition coefficient (Wildman–Crippen LogP) is 4.82. The Morgan fingerprint density at radius 1 is 1.09 bits per heavy atom. The van der Waals surface area contributed by atoms with Crippen LogP contribution in [0, 0.1) is 5.41 Å². The third kappa shape index (κ3) is 6.15. The van der Waals surface area contributed by atoms with Gasteiger partial charge in [0, 0.05) is 11.0 Å². The first kappa shape index (κ1) is 25.3. The molecule has 2 heterocycles. The molecule has 9 nitrogen and oxygen atoms in total. The predicted molar refractivity (Wildman–Crippen MR) is 128 cm³/mol. The molecule has 1 aromatic carbocycles. The fourth-order valence-electron chi connectivity index (χ4n) is 3.56. The molecule has 0 spiro atoms. The summed E-state index contributed by atoms with van der Waals surface area (Å²) in [6.07, 6.45) is 2.25. The Bertz CT molecular complexity index is 1050. The molecule has 9 heteroatoms. The highest BCUT2D eigenvalue weighted by molar-refractivity contribution is 5.96. The third-order valence-corrected chi connectivity index (χ3v) is 5.14. The first-order valence-electron chi connectivity index (χ1n) is 11.2. The summed E-state index contributed by atoms with van der Waals surface area (Å²) in [7, 11) is 0. The maximum Gasteiger partial charge on any atom is 0.408 e. The summed E-state index contributed by atoms with van der Waals surface area (Å²) in [5.41, 5.74) is -0.0831. The van der Waals surface area contributed by atoms with E-state index < -0.39 is 29.1 Å². The van der Waals surface area contributed by atoms with Crippen molar-refractivity contribution in [1.82, 2.24) is 15.3 Å². The van der Waals surface area contributed by atoms with Crippen LogP contribution in [0.15, 0.2) is 30.6 Å². The maximum absolute atomic E-state index is 13.0. The molecular weight excluding hydrogens is 436 g/mol. The van der Waals surface area contributed by atoms with E-state index in [2.05, 4.69) is 34.4 Å². The van der Waals surface area contributed by atoms with Crippen LogP contribution in [-0.4, -0.2) is 40.2 Å². The van der Waals surface area contributed by atoms with Crippen LogP contribution in [0.5, 0.6) is 17.5 Å². The Labute approximate surface area is 200 Å². The van der Waals surface area contributed by atoms with Crippen LogP contribution in [0.2, 0.25) is 0 Å². The number of benzene rings is 1. The Kier molecular flexibility index (Phi) is 6.78. The van der Waals surface area contributed by atoms with Crippen molar-refractivity contribution in [3.05, 3.63) is 36.2 Å². The Balaban J connectivity index is 1.70. The molecule has 0 bridgehead atoms. The highest BCUT2D eigenvalue weighted by atomic mass is 16.6. The fourth-order valence-corrected chi connectivity index (χ4v) is 3.56. The molecule has 0 saturated heterocycles. The van der Waals surface area contributed by atoms with E-state index >= 15 is 0 Å². The maximum atomic E-state index is 13.0. The molecule has 1 aromatic heterocycles. The molecule has 0 fully saturated rings. The van der Waals surface area contributed by atoms with E-state index in [9.17, 15) is 9.59 Å². The van der Waals surface area contributed by atoms with Gasteiger partial charge >= 0.3 is 12.1 Å². The standard InChI is InChI=1S/C25H34N4O5/c1-23(2,3)19(29-22(31)34-24(4,5)6)20(30)28-15-12-26-21(27-13-15)33-17-11-9-10-16-18(17)25(7,8)14-32-16/h9-13,19H,14H2,1-8H3,(H,28,30)(H,29,31)/t19-/m0/s1. The van der Waals surface area contributed by atoms with Crippen LogP contribution < -0.4 is 20.1 Å². The zero-order valence-corrected chi connectivity index (χ0v) is 21.1. The van der Waals surface area contributed by atoms with Gasteiger partial charge in [-0.2, -0.15) is 0 Å². The molecule has 0 aliphatic carbocycles. The Morgan fingerprint density at radius 3 is 2.32 bits per heavy atom. The van der Waals surface area contributed by atoms with Crippen molar-refractivity contribution >= 4 is 17.7 Å². The largest absolute Gasteiger partial charge is 0.492 e. The molecule has 2 amide bonds. The number of nitrogens with zero attached hydrogens (tertiary/aromatic N) is 2. The van der Waals surface area contributed by atoms with E-state index in [1.165, 1.54) is 12.4 Å². The van der Waals surface area contributed by atoms with Gasteiger partial charge in [0.25, 0.3) is 0 Å². The number of hydrogen-bond donors (Lipinski definition) is 2. The average Bonchev–Trinajstić information content (AvgIpc) is 3.01. The minimum Gasteiger partial charge on any atom is -0.492 e. The van der Waals surface area contributed by atoms with Crippen LogP contribution in [0.1, 0.15) is 61.0 Å². The van der Waals surface area contributed by atoms with E-state index in [4.69, 9.17) is 14.2 Å². The van der Waals surface area contributed by atoms with Crippen LogP contribution >= 0.6 is 0 Å². The molecule has 2 N–H and O–H groups in total. The van der Waals surface area contributed by atoms with Crippen molar-refractivity contribution in [3.63, 3.8) is 0 Å². The zero-order chi connectivity index (χ0) is 25.3. The quantitative estimate of drug-likeness (QED) is 0.644. The zero-order valence-electron chi connectivity index (χ0n) is 21.1. The monoisotopic (exact) mass is 470 g/mol. The van der Waals surface area contributed by atoms with Gasteiger partial charge in [-0.1, -0.05) is 40.7 Å². The highest BCUT2D eigenvalue weighted by Gasteiger charge is 2.36. The summed E-state index contributed by atoms with van der Waals surface area (Å²) < 4.78 is 17.0. The fraction of sp³-hybridized carbons (Fsp3) is 0.520. The minimum atomic E-state index is -0.840. The van der Waals surface area contributed by atoms with Crippen LogP contribution in [0.3, 0.4) is 0 Å². The molecule has 1 atom stereocenters. The first-order valence-corrected chi connectivity index (χ1v) is 11.2. The van der Waals surface area contributed by atoms with E-state index in [0.717, 1.165) is 11.3 Å². The summed E-state index contributed by atoms with van der Waals surface area (Å²) in [4.78, 5) is 33.7. The number of alkyl carbamates (subject to hydrolysis) is 1. The molecule has 0 saturated carbocycles. The van der Waals surface area contributed by atoms with Gasteiger partial charge in [-0.3, -0.25) is 4.79 Å². The topological polar surface area (TPSA) is 112 Å². The molecule has 0 radical (unpaired) electrons. The lowest BCUT2D eigenvalue weighted by Crippen LogP contribution is -2.52. The van der Waals surface area contributed by atoms with Crippen LogP contribution in [0.25, 0.3) is 0 Å². The second-order valence-corrected chi connectivity index (χ2v) is 11.1. The summed E-state index contributed by atoms with van der Waals surface area (Å²) in [5, 5.41) is 5.41. The molecule has 34 heavy (non-hydrogen) atoms. The van der Waals surface area contributed by atoms with E-state index in [0.29, 0.717) is 18.0 Å². The van der Waals surface area contributed by atoms with E-state index in [-0.39, 0.29) is 11.4 Å². The number of nitrogens with one attached hydrogen (secondary N) is 2. The summed E-state index contributed by atoms with van der Waals surface area (Å²) >= 11 is 0. The number of carbonyl (C=O) groups is 2. The lowest BCUT2D eigenvalue weighted by atomic mass is 9.86. The minimum absolute atomic E-state index is 0.147. The van der Waals surface area contributed by atoms with Gasteiger partial charge in [-0.05, 0) is 38.3 Å². The van der Waals surface area contributed by atoms with E-state index in [1.54, 1.807) is 20.8 Å². The first-order chi connectivity index (χ1) is 15.7. The third-order valence-electron chi connectivity index (χ3n) is 5.14. The highest BCUT2D eigenvalue weighted by Crippen LogP contribution is 2.44. The summed E-state index contributed by atoms with van der Waals surface area (Å²) in [6, 6.07) is 4.92. The van der Waals surface area contributed by atoms with Gasteiger partial charge in [0.15, 0.2) is 0 Å². The Hall–Kier alpha value is -3.36. The van der Waals surface area contributed by atoms with Gasteiger partial charge < -0.3 is 24.8 Å². The van der Waals surface area contributed by atoms with Gasteiger partial charge in [0.1, 0.15) is 23.1 Å². The SMILES string of the molecule is CC(C)(C)OC(=O)N[C@@H](C(=O)Nc1cnc(Oc2cccc3c2C(C)(C)CO3)nc1)C(C)(C)C. The number of rotatable bonds is 5. The van der Waals surface area contributed by atoms with Crippen molar-refractivity contribution in [2.24, 2.45) is 5.41 Å². The van der Waals surface area contributed by atoms with Crippen LogP contribution in [-0.2, 0) is 14.9 Å². The molecule has 3 rings (SSSR count). The van der Waals surface area contributed by atoms with Crippen molar-refractivity contribution in [1.29, 1.82) is 0 Å². The van der Waals surface area contributed by atoms with Gasteiger partial charge in [0.05, 0.1) is 24.7 Å². The lowest BCUT2D eigenvalue weighted by molar-refractivity contribution is -0.120. The molecule has 1 aliphatic rings. The number of fused-ring (bicyclic) bond motifs is 1. The van der Waals surface area contributed by atoms with Gasteiger partial charge in [-0.25, -0.2) is 14.8 Å². The molecule has 184 valence electrons. The van der Waals surface area contributed by atoms with Crippen molar-refractivity contribution < 1.29 is 23.8 Å². The van der Waals surface area contributed by atoms with E-state index in [1.807, 2.05) is 39.0 Å². The Morgan fingerprint density at radius 2 is 1.74 bits per heavy atom. The van der Waals surface area contributed by atoms with Gasteiger partial charge in [0.2, 0.25) is 5.91 Å². The van der Waals surface area contributed by atoms with Crippen molar-refractivity contribution in [2.75, 3.05) is 11.9 Å². The number of amides is 2. The summed E-state index contributed by atoms with van der Waals surface area (Å²) in [5.74, 6) is 1.01. The average molecular weight is 471 g/mol. The number of aromatic nitrogens is 2. The number of ether oxygens (including phenoxy) is 3. The molecule has 2 aromatic rings. The number of anilines is 1. The summed E-state index contributed by atoms with van der Waals surface area (Å²) in [6.45, 7) is 15.6. The number of hydrogen-bond acceptors (Lipinski definition) is 7. The van der Waals surface area contributed by atoms with Crippen molar-refractivity contribution in [2.45, 2.75) is 72.4 Å². The molecule has 0 unspecified atom stereocenters. The van der Waals surface area contributed by atoms with Crippen molar-refractivity contribution in [3.8, 4) is 17.5 Å². The van der Waals surface area contributed by atoms with Gasteiger partial charge in [-0.15, -0.1) is 0 Å². The smallest absolute Gasteiger partial charge is 0.408 e.